The van der Waals surface area contributed by atoms with Crippen molar-refractivity contribution >= 4 is 11.7 Å². The zero-order chi connectivity index (χ0) is 16.5. The number of hydrogen-bond acceptors (Lipinski definition) is 4. The summed E-state index contributed by atoms with van der Waals surface area (Å²) in [6.07, 6.45) is 2.67. The van der Waals surface area contributed by atoms with Gasteiger partial charge in [-0.2, -0.15) is 0 Å². The van der Waals surface area contributed by atoms with Crippen molar-refractivity contribution in [2.45, 2.75) is 47.0 Å². The van der Waals surface area contributed by atoms with Gasteiger partial charge >= 0.3 is 5.97 Å². The average Bonchev–Trinajstić information content (AvgIpc) is 2.82. The quantitative estimate of drug-likeness (QED) is 0.360. The number of esters is 1. The molecule has 1 aliphatic rings. The van der Waals surface area contributed by atoms with Crippen LogP contribution >= 0.6 is 0 Å². The van der Waals surface area contributed by atoms with E-state index in [1.54, 1.807) is 0 Å². The molecule has 120 valence electrons. The maximum absolute atomic E-state index is 12.8. The molecule has 0 radical (unpaired) electrons. The second kappa shape index (κ2) is 5.71. The third kappa shape index (κ3) is 2.98. The molecule has 1 saturated carbocycles. The first-order valence-corrected chi connectivity index (χ1v) is 7.62. The number of rotatable bonds is 3. The third-order valence-corrected chi connectivity index (χ3v) is 4.85. The molecule has 2 rings (SSSR count). The van der Waals surface area contributed by atoms with Gasteiger partial charge in [-0.1, -0.05) is 27.7 Å². The molecule has 5 nitrogen and oxygen atoms in total. The van der Waals surface area contributed by atoms with Crippen molar-refractivity contribution in [3.63, 3.8) is 0 Å². The van der Waals surface area contributed by atoms with Crippen LogP contribution in [0.4, 0.5) is 5.69 Å². The molecule has 0 amide bonds. The van der Waals surface area contributed by atoms with Crippen LogP contribution in [0.15, 0.2) is 24.3 Å². The number of carbonyl (C=O) groups excluding carboxylic acids is 1. The van der Waals surface area contributed by atoms with Crippen LogP contribution in [0.1, 0.15) is 47.0 Å². The zero-order valence-electron chi connectivity index (χ0n) is 13.6. The van der Waals surface area contributed by atoms with Gasteiger partial charge in [-0.3, -0.25) is 14.9 Å². The first-order chi connectivity index (χ1) is 10.2. The van der Waals surface area contributed by atoms with E-state index in [-0.39, 0.29) is 17.1 Å². The summed E-state index contributed by atoms with van der Waals surface area (Å²) in [6, 6.07) is 5.66. The molecule has 0 aromatic heterocycles. The first-order valence-electron chi connectivity index (χ1n) is 7.62. The Morgan fingerprint density at radius 1 is 1.32 bits per heavy atom. The van der Waals surface area contributed by atoms with Crippen LogP contribution < -0.4 is 4.74 Å². The van der Waals surface area contributed by atoms with E-state index in [9.17, 15) is 14.9 Å². The Morgan fingerprint density at radius 3 is 2.32 bits per heavy atom. The summed E-state index contributed by atoms with van der Waals surface area (Å²) >= 11 is 0. The summed E-state index contributed by atoms with van der Waals surface area (Å²) in [5.74, 6) is 0.639. The fraction of sp³-hybridized carbons (Fsp3) is 0.588. The minimum Gasteiger partial charge on any atom is -0.426 e. The molecule has 0 bridgehead atoms. The highest BCUT2D eigenvalue weighted by Crippen LogP contribution is 2.53. The molecule has 1 aliphatic carbocycles. The largest absolute Gasteiger partial charge is 0.426 e. The minimum absolute atomic E-state index is 0.0141. The standard InChI is InChI=1S/C17H23NO4/c1-12-9-10-17(11-12,16(2,3)4)15(19)22-14-7-5-13(6-8-14)18(20)21/h5-8,12H,9-11H2,1-4H3. The molecule has 22 heavy (non-hydrogen) atoms. The Balaban J connectivity index is 2.20. The van der Waals surface area contributed by atoms with Crippen LogP contribution in [0.3, 0.4) is 0 Å². The molecule has 1 aromatic carbocycles. The molecule has 0 spiro atoms. The highest BCUT2D eigenvalue weighted by Gasteiger charge is 2.53. The monoisotopic (exact) mass is 305 g/mol. The maximum atomic E-state index is 12.8. The van der Waals surface area contributed by atoms with E-state index in [1.165, 1.54) is 24.3 Å². The Morgan fingerprint density at radius 2 is 1.91 bits per heavy atom. The van der Waals surface area contributed by atoms with Crippen molar-refractivity contribution in [1.29, 1.82) is 0 Å². The number of hydrogen-bond donors (Lipinski definition) is 0. The number of nitro benzene ring substituents is 1. The maximum Gasteiger partial charge on any atom is 0.318 e. The number of nitrogens with zero attached hydrogens (tertiary/aromatic N) is 1. The molecule has 2 unspecified atom stereocenters. The van der Waals surface area contributed by atoms with E-state index >= 15 is 0 Å². The van der Waals surface area contributed by atoms with E-state index in [0.717, 1.165) is 19.3 Å². The summed E-state index contributed by atoms with van der Waals surface area (Å²) in [4.78, 5) is 23.0. The van der Waals surface area contributed by atoms with Crippen molar-refractivity contribution in [2.75, 3.05) is 0 Å². The lowest BCUT2D eigenvalue weighted by Gasteiger charge is -2.39. The van der Waals surface area contributed by atoms with Crippen LogP contribution in [0.5, 0.6) is 5.75 Å². The summed E-state index contributed by atoms with van der Waals surface area (Å²) in [5, 5.41) is 10.7. The van der Waals surface area contributed by atoms with E-state index in [1.807, 2.05) is 0 Å². The van der Waals surface area contributed by atoms with Crippen molar-refractivity contribution in [3.8, 4) is 5.75 Å². The lowest BCUT2D eigenvalue weighted by Crippen LogP contribution is -2.43. The Kier molecular flexibility index (Phi) is 4.27. The van der Waals surface area contributed by atoms with E-state index in [2.05, 4.69) is 27.7 Å². The molecule has 1 aromatic rings. The summed E-state index contributed by atoms with van der Waals surface area (Å²) < 4.78 is 5.55. The lowest BCUT2D eigenvalue weighted by molar-refractivity contribution is -0.384. The van der Waals surface area contributed by atoms with Crippen LogP contribution in [0, 0.1) is 26.9 Å². The fourth-order valence-corrected chi connectivity index (χ4v) is 3.31. The van der Waals surface area contributed by atoms with Crippen LogP contribution in [-0.4, -0.2) is 10.9 Å². The normalized spacial score (nSPS) is 25.0. The highest BCUT2D eigenvalue weighted by molar-refractivity contribution is 5.80. The van der Waals surface area contributed by atoms with Gasteiger partial charge in [0.25, 0.3) is 5.69 Å². The lowest BCUT2D eigenvalue weighted by atomic mass is 9.65. The number of non-ortho nitro benzene ring substituents is 1. The van der Waals surface area contributed by atoms with Gasteiger partial charge in [0.05, 0.1) is 10.3 Å². The smallest absolute Gasteiger partial charge is 0.318 e. The molecule has 0 N–H and O–H groups in total. The molecule has 2 atom stereocenters. The van der Waals surface area contributed by atoms with Gasteiger partial charge in [-0.05, 0) is 42.7 Å². The predicted molar refractivity (Wildman–Crippen MR) is 83.6 cm³/mol. The van der Waals surface area contributed by atoms with Crippen LogP contribution in [0.2, 0.25) is 0 Å². The number of benzene rings is 1. The molecular formula is C17H23NO4. The van der Waals surface area contributed by atoms with Gasteiger partial charge in [0, 0.05) is 12.1 Å². The fourth-order valence-electron chi connectivity index (χ4n) is 3.31. The van der Waals surface area contributed by atoms with E-state index < -0.39 is 10.3 Å². The zero-order valence-corrected chi connectivity index (χ0v) is 13.6. The second-order valence-electron chi connectivity index (χ2n) is 7.32. The Labute approximate surface area is 130 Å². The third-order valence-electron chi connectivity index (χ3n) is 4.85. The van der Waals surface area contributed by atoms with Crippen molar-refractivity contribution < 1.29 is 14.5 Å². The van der Waals surface area contributed by atoms with E-state index in [0.29, 0.717) is 11.7 Å². The number of nitro groups is 1. The van der Waals surface area contributed by atoms with Gasteiger partial charge in [-0.25, -0.2) is 0 Å². The van der Waals surface area contributed by atoms with Gasteiger partial charge in [0.15, 0.2) is 0 Å². The topological polar surface area (TPSA) is 69.4 Å². The molecule has 0 aliphatic heterocycles. The van der Waals surface area contributed by atoms with Crippen molar-refractivity contribution in [3.05, 3.63) is 34.4 Å². The first kappa shape index (κ1) is 16.5. The Bertz CT molecular complexity index is 573. The molecule has 0 saturated heterocycles. The number of ether oxygens (including phenoxy) is 1. The van der Waals surface area contributed by atoms with Gasteiger partial charge in [0.1, 0.15) is 5.75 Å². The second-order valence-corrected chi connectivity index (χ2v) is 7.32. The summed E-state index contributed by atoms with van der Waals surface area (Å²) in [5.41, 5.74) is -0.691. The molecule has 0 heterocycles. The predicted octanol–water partition coefficient (Wildman–Crippen LogP) is 4.35. The van der Waals surface area contributed by atoms with Crippen LogP contribution in [-0.2, 0) is 4.79 Å². The van der Waals surface area contributed by atoms with Crippen molar-refractivity contribution in [1.82, 2.24) is 0 Å². The molecular weight excluding hydrogens is 282 g/mol. The average molecular weight is 305 g/mol. The SMILES string of the molecule is CC1CCC(C(=O)Oc2ccc([N+](=O)[O-])cc2)(C(C)(C)C)C1. The van der Waals surface area contributed by atoms with Crippen molar-refractivity contribution in [2.24, 2.45) is 16.7 Å². The number of carbonyl (C=O) groups is 1. The highest BCUT2D eigenvalue weighted by atomic mass is 16.6. The Hall–Kier alpha value is -1.91. The van der Waals surface area contributed by atoms with Gasteiger partial charge < -0.3 is 4.74 Å². The van der Waals surface area contributed by atoms with Gasteiger partial charge in [-0.15, -0.1) is 0 Å². The van der Waals surface area contributed by atoms with Gasteiger partial charge in [0.2, 0.25) is 0 Å². The van der Waals surface area contributed by atoms with Crippen LogP contribution in [0.25, 0.3) is 0 Å². The minimum atomic E-state index is -0.492. The molecule has 1 fully saturated rings. The van der Waals surface area contributed by atoms with E-state index in [4.69, 9.17) is 4.74 Å². The molecule has 5 heteroatoms. The summed E-state index contributed by atoms with van der Waals surface area (Å²) in [6.45, 7) is 8.37. The summed E-state index contributed by atoms with van der Waals surface area (Å²) in [7, 11) is 0.